The number of halogens is 2. The summed E-state index contributed by atoms with van der Waals surface area (Å²) in [4.78, 5) is 12.5. The van der Waals surface area contributed by atoms with Crippen LogP contribution in [0.5, 0.6) is 0 Å². The van der Waals surface area contributed by atoms with Crippen LogP contribution in [0.1, 0.15) is 25.1 Å². The lowest BCUT2D eigenvalue weighted by atomic mass is 10.1. The SMILES string of the molecule is CC(O)c1nc2c(F)cc(-c3nc(N[C@@H]4CCOC[C@H]4O)ncc3F)cn2c1-c1ccsc1. The Labute approximate surface area is 191 Å². The maximum Gasteiger partial charge on any atom is 0.223 e. The second kappa shape index (κ2) is 8.75. The number of pyridine rings is 1. The molecule has 0 spiro atoms. The zero-order chi connectivity index (χ0) is 23.1. The Kier molecular flexibility index (Phi) is 5.79. The zero-order valence-electron chi connectivity index (χ0n) is 17.6. The first-order valence-electron chi connectivity index (χ1n) is 10.4. The van der Waals surface area contributed by atoms with Crippen LogP contribution in [0.25, 0.3) is 28.2 Å². The fourth-order valence-corrected chi connectivity index (χ4v) is 4.57. The summed E-state index contributed by atoms with van der Waals surface area (Å²) in [7, 11) is 0. The number of thiophene rings is 1. The molecule has 1 aliphatic heterocycles. The third-order valence-electron chi connectivity index (χ3n) is 5.55. The Bertz CT molecular complexity index is 1300. The van der Waals surface area contributed by atoms with Gasteiger partial charge in [0.1, 0.15) is 5.69 Å². The summed E-state index contributed by atoms with van der Waals surface area (Å²) in [6, 6.07) is 2.66. The predicted molar refractivity (Wildman–Crippen MR) is 119 cm³/mol. The van der Waals surface area contributed by atoms with Gasteiger partial charge in [0, 0.05) is 29.3 Å². The maximum absolute atomic E-state index is 15.1. The minimum absolute atomic E-state index is 0.0222. The number of anilines is 1. The molecule has 0 amide bonds. The van der Waals surface area contributed by atoms with Crippen molar-refractivity contribution < 1.29 is 23.7 Å². The first kappa shape index (κ1) is 21.8. The standard InChI is InChI=1S/C22H21F2N5O3S/c1-11(30)18-20(12-3-5-33-10-12)29-8-13(6-14(23)21(29)27-18)19-15(24)7-25-22(28-19)26-16-2-4-32-9-17(16)31/h3,5-8,10-11,16-17,30-31H,2,4,9H2,1H3,(H,25,26,28)/t11?,16-,17-/m1/s1. The third-order valence-corrected chi connectivity index (χ3v) is 6.23. The van der Waals surface area contributed by atoms with Crippen molar-refractivity contribution in [3.05, 3.63) is 52.6 Å². The summed E-state index contributed by atoms with van der Waals surface area (Å²) in [5, 5.41) is 27.1. The number of hydrogen-bond donors (Lipinski definition) is 3. The van der Waals surface area contributed by atoms with Crippen LogP contribution in [0.15, 0.2) is 35.3 Å². The van der Waals surface area contributed by atoms with Crippen LogP contribution >= 0.6 is 11.3 Å². The van der Waals surface area contributed by atoms with Crippen LogP contribution in [0.4, 0.5) is 14.7 Å². The van der Waals surface area contributed by atoms with E-state index in [9.17, 15) is 14.6 Å². The van der Waals surface area contributed by atoms with Gasteiger partial charge in [-0.15, -0.1) is 0 Å². The number of hydrogen-bond acceptors (Lipinski definition) is 8. The van der Waals surface area contributed by atoms with Crippen molar-refractivity contribution >= 4 is 22.9 Å². The highest BCUT2D eigenvalue weighted by molar-refractivity contribution is 7.08. The smallest absolute Gasteiger partial charge is 0.223 e. The van der Waals surface area contributed by atoms with Crippen molar-refractivity contribution in [2.75, 3.05) is 18.5 Å². The Hall–Kier alpha value is -2.99. The molecule has 0 aliphatic carbocycles. The fraction of sp³-hybridized carbons (Fsp3) is 0.318. The minimum Gasteiger partial charge on any atom is -0.389 e. The molecule has 5 heterocycles. The van der Waals surface area contributed by atoms with Crippen molar-refractivity contribution in [3.63, 3.8) is 0 Å². The molecule has 4 aromatic rings. The van der Waals surface area contributed by atoms with E-state index in [0.29, 0.717) is 24.4 Å². The molecule has 1 aliphatic rings. The van der Waals surface area contributed by atoms with Crippen molar-refractivity contribution in [2.45, 2.75) is 31.6 Å². The Morgan fingerprint density at radius 3 is 2.85 bits per heavy atom. The van der Waals surface area contributed by atoms with E-state index >= 15 is 4.39 Å². The van der Waals surface area contributed by atoms with Gasteiger partial charge >= 0.3 is 0 Å². The normalized spacial score (nSPS) is 19.7. The first-order chi connectivity index (χ1) is 15.9. The molecule has 1 fully saturated rings. The van der Waals surface area contributed by atoms with Crippen LogP contribution in [0, 0.1) is 11.6 Å². The van der Waals surface area contributed by atoms with Crippen LogP contribution in [0.3, 0.4) is 0 Å². The number of aliphatic hydroxyl groups excluding tert-OH is 2. The molecule has 1 unspecified atom stereocenters. The van der Waals surface area contributed by atoms with E-state index in [2.05, 4.69) is 20.3 Å². The highest BCUT2D eigenvalue weighted by atomic mass is 32.1. The van der Waals surface area contributed by atoms with E-state index in [1.165, 1.54) is 15.7 Å². The molecule has 4 aromatic heterocycles. The largest absolute Gasteiger partial charge is 0.389 e. The highest BCUT2D eigenvalue weighted by Crippen LogP contribution is 2.33. The van der Waals surface area contributed by atoms with Crippen LogP contribution in [0.2, 0.25) is 0 Å². The molecule has 3 atom stereocenters. The first-order valence-corrected chi connectivity index (χ1v) is 11.3. The summed E-state index contributed by atoms with van der Waals surface area (Å²) in [6.45, 7) is 2.22. The van der Waals surface area contributed by atoms with Gasteiger partial charge in [-0.25, -0.2) is 23.7 Å². The average Bonchev–Trinajstić information content (AvgIpc) is 3.44. The second-order valence-corrected chi connectivity index (χ2v) is 8.66. The van der Waals surface area contributed by atoms with Crippen LogP contribution in [-0.2, 0) is 4.74 Å². The van der Waals surface area contributed by atoms with Crippen molar-refractivity contribution in [1.82, 2.24) is 19.4 Å². The van der Waals surface area contributed by atoms with Crippen molar-refractivity contribution in [2.24, 2.45) is 0 Å². The molecule has 0 aromatic carbocycles. The number of aromatic nitrogens is 4. The molecule has 0 bridgehead atoms. The summed E-state index contributed by atoms with van der Waals surface area (Å²) < 4.78 is 36.6. The Morgan fingerprint density at radius 1 is 1.27 bits per heavy atom. The molecule has 8 nitrogen and oxygen atoms in total. The third kappa shape index (κ3) is 4.08. The molecule has 11 heteroatoms. The van der Waals surface area contributed by atoms with Crippen LogP contribution in [-0.4, -0.2) is 54.9 Å². The summed E-state index contributed by atoms with van der Waals surface area (Å²) in [6.07, 6.45) is 1.41. The van der Waals surface area contributed by atoms with E-state index in [1.807, 2.05) is 16.8 Å². The molecule has 0 saturated carbocycles. The van der Waals surface area contributed by atoms with Gasteiger partial charge in [0.15, 0.2) is 17.3 Å². The van der Waals surface area contributed by atoms with E-state index in [4.69, 9.17) is 4.74 Å². The van der Waals surface area contributed by atoms with Gasteiger partial charge in [0.25, 0.3) is 0 Å². The van der Waals surface area contributed by atoms with Gasteiger partial charge in [-0.1, -0.05) is 0 Å². The quantitative estimate of drug-likeness (QED) is 0.408. The maximum atomic E-state index is 15.1. The van der Waals surface area contributed by atoms with E-state index in [-0.39, 0.29) is 35.5 Å². The van der Waals surface area contributed by atoms with Gasteiger partial charge in [-0.05, 0) is 30.9 Å². The van der Waals surface area contributed by atoms with Crippen molar-refractivity contribution in [3.8, 4) is 22.5 Å². The molecular formula is C22H21F2N5O3S. The second-order valence-electron chi connectivity index (χ2n) is 7.88. The lowest BCUT2D eigenvalue weighted by Crippen LogP contribution is -2.42. The molecule has 3 N–H and O–H groups in total. The fourth-order valence-electron chi connectivity index (χ4n) is 3.92. The predicted octanol–water partition coefficient (Wildman–Crippen LogP) is 3.41. The summed E-state index contributed by atoms with van der Waals surface area (Å²) >= 11 is 1.46. The minimum atomic E-state index is -0.930. The highest BCUT2D eigenvalue weighted by Gasteiger charge is 2.25. The lowest BCUT2D eigenvalue weighted by Gasteiger charge is -2.28. The molecule has 172 valence electrons. The van der Waals surface area contributed by atoms with Gasteiger partial charge in [0.05, 0.1) is 42.4 Å². The van der Waals surface area contributed by atoms with E-state index in [0.717, 1.165) is 17.8 Å². The molecular weight excluding hydrogens is 452 g/mol. The van der Waals surface area contributed by atoms with Gasteiger partial charge in [-0.2, -0.15) is 11.3 Å². The van der Waals surface area contributed by atoms with Crippen molar-refractivity contribution in [1.29, 1.82) is 0 Å². The van der Waals surface area contributed by atoms with Crippen LogP contribution < -0.4 is 5.32 Å². The number of fused-ring (bicyclic) bond motifs is 1. The zero-order valence-corrected chi connectivity index (χ0v) is 18.4. The molecule has 0 radical (unpaired) electrons. The van der Waals surface area contributed by atoms with E-state index in [1.54, 1.807) is 13.1 Å². The summed E-state index contributed by atoms with van der Waals surface area (Å²) in [5.41, 5.74) is 1.72. The lowest BCUT2D eigenvalue weighted by molar-refractivity contribution is -0.0136. The number of nitrogens with zero attached hydrogens (tertiary/aromatic N) is 4. The monoisotopic (exact) mass is 473 g/mol. The van der Waals surface area contributed by atoms with Gasteiger partial charge < -0.3 is 20.3 Å². The Balaban J connectivity index is 1.61. The number of nitrogens with one attached hydrogen (secondary N) is 1. The molecule has 33 heavy (non-hydrogen) atoms. The topological polar surface area (TPSA) is 105 Å². The molecule has 5 rings (SSSR count). The molecule has 1 saturated heterocycles. The number of imidazole rings is 1. The number of rotatable bonds is 5. The summed E-state index contributed by atoms with van der Waals surface area (Å²) in [5.74, 6) is -1.28. The van der Waals surface area contributed by atoms with Gasteiger partial charge in [-0.3, -0.25) is 4.40 Å². The Morgan fingerprint density at radius 2 is 2.12 bits per heavy atom. The average molecular weight is 474 g/mol. The number of aliphatic hydroxyl groups is 2. The van der Waals surface area contributed by atoms with E-state index < -0.39 is 23.8 Å². The van der Waals surface area contributed by atoms with Gasteiger partial charge in [0.2, 0.25) is 5.95 Å². The number of ether oxygens (including phenoxy) is 1.